The number of aromatic amines is 1. The number of carbonyl (C=O) groups is 1. The van der Waals surface area contributed by atoms with Gasteiger partial charge in [0.15, 0.2) is 0 Å². The van der Waals surface area contributed by atoms with Crippen LogP contribution >= 0.6 is 0 Å². The van der Waals surface area contributed by atoms with Gasteiger partial charge in [0.05, 0.1) is 4.92 Å². The maximum Gasteiger partial charge on any atom is 0.270 e. The molecule has 0 atom stereocenters. The molecule has 1 heterocycles. The predicted octanol–water partition coefficient (Wildman–Crippen LogP) is 1.67. The Hall–Kier alpha value is -3.03. The first-order valence-electron chi connectivity index (χ1n) is 5.67. The lowest BCUT2D eigenvalue weighted by Gasteiger charge is -1.95. The van der Waals surface area contributed by atoms with Gasteiger partial charge in [0.2, 0.25) is 5.95 Å². The topological polar surface area (TPSA) is 114 Å². The number of benzene rings is 1. The van der Waals surface area contributed by atoms with Crippen LogP contribution in [0, 0.1) is 17.0 Å². The summed E-state index contributed by atoms with van der Waals surface area (Å²) in [4.78, 5) is 25.6. The fourth-order valence-corrected chi connectivity index (χ4v) is 1.46. The van der Waals surface area contributed by atoms with Crippen molar-refractivity contribution < 1.29 is 9.72 Å². The number of nitrogens with one attached hydrogen (secondary N) is 2. The van der Waals surface area contributed by atoms with Crippen molar-refractivity contribution >= 4 is 23.6 Å². The summed E-state index contributed by atoms with van der Waals surface area (Å²) >= 11 is 0. The minimum absolute atomic E-state index is 0.0304. The van der Waals surface area contributed by atoms with Crippen molar-refractivity contribution in [1.29, 1.82) is 0 Å². The Bertz CT molecular complexity index is 677. The molecule has 2 N–H and O–H groups in total. The van der Waals surface area contributed by atoms with Gasteiger partial charge in [-0.05, 0) is 18.6 Å². The lowest BCUT2D eigenvalue weighted by Crippen LogP contribution is -2.09. The maximum atomic E-state index is 11.6. The van der Waals surface area contributed by atoms with Crippen molar-refractivity contribution in [3.63, 3.8) is 0 Å². The third-order valence-electron chi connectivity index (χ3n) is 2.34. The maximum absolute atomic E-state index is 11.6. The number of aromatic nitrogens is 3. The molecule has 20 heavy (non-hydrogen) atoms. The first-order chi connectivity index (χ1) is 9.54. The number of carbonyl (C=O) groups excluding carboxylic acids is 1. The number of amides is 1. The second-order valence-corrected chi connectivity index (χ2v) is 3.92. The first-order valence-corrected chi connectivity index (χ1v) is 5.67. The van der Waals surface area contributed by atoms with Gasteiger partial charge in [-0.15, -0.1) is 5.10 Å². The Morgan fingerprint density at radius 1 is 1.50 bits per heavy atom. The molecule has 0 unspecified atom stereocenters. The second kappa shape index (κ2) is 5.74. The fraction of sp³-hybridized carbons (Fsp3) is 0.0833. The molecule has 8 nitrogen and oxygen atoms in total. The quantitative estimate of drug-likeness (QED) is 0.499. The summed E-state index contributed by atoms with van der Waals surface area (Å²) in [7, 11) is 0. The highest BCUT2D eigenvalue weighted by Gasteiger charge is 2.05. The van der Waals surface area contributed by atoms with Crippen LogP contribution in [-0.2, 0) is 4.79 Å². The van der Waals surface area contributed by atoms with E-state index in [1.165, 1.54) is 24.3 Å². The number of nitrogens with zero attached hydrogens (tertiary/aromatic N) is 3. The van der Waals surface area contributed by atoms with Gasteiger partial charge in [-0.25, -0.2) is 0 Å². The zero-order valence-electron chi connectivity index (χ0n) is 10.5. The van der Waals surface area contributed by atoms with Crippen LogP contribution in [0.15, 0.2) is 30.3 Å². The predicted molar refractivity (Wildman–Crippen MR) is 71.9 cm³/mol. The van der Waals surface area contributed by atoms with Crippen LogP contribution in [0.4, 0.5) is 11.6 Å². The Morgan fingerprint density at radius 3 is 2.95 bits per heavy atom. The van der Waals surface area contributed by atoms with E-state index in [2.05, 4.69) is 20.5 Å². The number of hydrogen-bond acceptors (Lipinski definition) is 5. The fourth-order valence-electron chi connectivity index (χ4n) is 1.46. The lowest BCUT2D eigenvalue weighted by molar-refractivity contribution is -0.384. The highest BCUT2D eigenvalue weighted by atomic mass is 16.6. The first kappa shape index (κ1) is 13.4. The highest BCUT2D eigenvalue weighted by molar-refractivity contribution is 6.00. The van der Waals surface area contributed by atoms with Gasteiger partial charge in [0, 0.05) is 18.2 Å². The van der Waals surface area contributed by atoms with E-state index in [0.717, 1.165) is 0 Å². The van der Waals surface area contributed by atoms with Crippen molar-refractivity contribution in [2.45, 2.75) is 6.92 Å². The van der Waals surface area contributed by atoms with Gasteiger partial charge >= 0.3 is 0 Å². The smallest absolute Gasteiger partial charge is 0.270 e. The summed E-state index contributed by atoms with van der Waals surface area (Å²) in [5.41, 5.74) is 0.526. The zero-order valence-corrected chi connectivity index (χ0v) is 10.5. The largest absolute Gasteiger partial charge is 0.290 e. The van der Waals surface area contributed by atoms with Gasteiger partial charge in [-0.2, -0.15) is 4.98 Å². The van der Waals surface area contributed by atoms with E-state index < -0.39 is 10.8 Å². The van der Waals surface area contributed by atoms with E-state index in [4.69, 9.17) is 0 Å². The number of non-ortho nitro benzene ring substituents is 1. The summed E-state index contributed by atoms with van der Waals surface area (Å²) < 4.78 is 0. The molecule has 1 aromatic heterocycles. The Balaban J connectivity index is 2.03. The molecule has 0 aliphatic rings. The number of anilines is 1. The van der Waals surface area contributed by atoms with Gasteiger partial charge in [0.1, 0.15) is 5.82 Å². The minimum Gasteiger partial charge on any atom is -0.290 e. The molecule has 1 aromatic carbocycles. The van der Waals surface area contributed by atoms with E-state index in [0.29, 0.717) is 11.4 Å². The molecule has 0 spiro atoms. The summed E-state index contributed by atoms with van der Waals surface area (Å²) in [6.07, 6.45) is 2.73. The van der Waals surface area contributed by atoms with Gasteiger partial charge in [-0.1, -0.05) is 12.1 Å². The summed E-state index contributed by atoms with van der Waals surface area (Å²) in [5, 5.41) is 19.4. The van der Waals surface area contributed by atoms with Crippen molar-refractivity contribution in [2.24, 2.45) is 0 Å². The van der Waals surface area contributed by atoms with E-state index in [9.17, 15) is 14.9 Å². The van der Waals surface area contributed by atoms with Crippen LogP contribution in [0.3, 0.4) is 0 Å². The van der Waals surface area contributed by atoms with Crippen molar-refractivity contribution in [2.75, 3.05) is 5.32 Å². The summed E-state index contributed by atoms with van der Waals surface area (Å²) in [5.74, 6) is 0.342. The van der Waals surface area contributed by atoms with E-state index in [-0.39, 0.29) is 11.6 Å². The minimum atomic E-state index is -0.492. The van der Waals surface area contributed by atoms with E-state index in [1.54, 1.807) is 19.1 Å². The molecule has 0 saturated heterocycles. The average Bonchev–Trinajstić information content (AvgIpc) is 2.82. The SMILES string of the molecule is Cc1nc(NC(=O)/C=C/c2cccc([N+](=O)[O-])c2)n[nH]1. The number of rotatable bonds is 4. The monoisotopic (exact) mass is 273 g/mol. The molecule has 102 valence electrons. The molecule has 2 aromatic rings. The molecule has 0 aliphatic heterocycles. The lowest BCUT2D eigenvalue weighted by atomic mass is 10.2. The van der Waals surface area contributed by atoms with Crippen LogP contribution in [-0.4, -0.2) is 26.0 Å². The molecule has 0 fully saturated rings. The van der Waals surface area contributed by atoms with Gasteiger partial charge < -0.3 is 0 Å². The Kier molecular flexibility index (Phi) is 3.85. The molecule has 2 rings (SSSR count). The number of aryl methyl sites for hydroxylation is 1. The average molecular weight is 273 g/mol. The zero-order chi connectivity index (χ0) is 14.5. The van der Waals surface area contributed by atoms with Crippen LogP contribution < -0.4 is 5.32 Å². The molecule has 0 saturated carbocycles. The summed E-state index contributed by atoms with van der Waals surface area (Å²) in [6.45, 7) is 1.71. The Morgan fingerprint density at radius 2 is 2.30 bits per heavy atom. The van der Waals surface area contributed by atoms with E-state index >= 15 is 0 Å². The number of nitro benzene ring substituents is 1. The Labute approximate surface area is 113 Å². The van der Waals surface area contributed by atoms with Crippen molar-refractivity contribution in [1.82, 2.24) is 15.2 Å². The second-order valence-electron chi connectivity index (χ2n) is 3.92. The van der Waals surface area contributed by atoms with Crippen LogP contribution in [0.25, 0.3) is 6.08 Å². The third-order valence-corrected chi connectivity index (χ3v) is 2.34. The number of nitro groups is 1. The molecule has 0 aliphatic carbocycles. The highest BCUT2D eigenvalue weighted by Crippen LogP contribution is 2.14. The molecule has 0 radical (unpaired) electrons. The molecule has 1 amide bonds. The van der Waals surface area contributed by atoms with Crippen molar-refractivity contribution in [3.8, 4) is 0 Å². The molecule has 0 bridgehead atoms. The summed E-state index contributed by atoms with van der Waals surface area (Å²) in [6, 6.07) is 5.97. The molecular formula is C12H11N5O3. The molecular weight excluding hydrogens is 262 g/mol. The molecule has 8 heteroatoms. The van der Waals surface area contributed by atoms with Gasteiger partial charge in [0.25, 0.3) is 11.6 Å². The standard InChI is InChI=1S/C12H11N5O3/c1-8-13-12(16-15-8)14-11(18)6-5-9-3-2-4-10(7-9)17(19)20/h2-7H,1H3,(H2,13,14,15,16,18)/b6-5+. The van der Waals surface area contributed by atoms with Gasteiger partial charge in [-0.3, -0.25) is 25.3 Å². The number of hydrogen-bond donors (Lipinski definition) is 2. The third kappa shape index (κ3) is 3.48. The van der Waals surface area contributed by atoms with Crippen LogP contribution in [0.1, 0.15) is 11.4 Å². The van der Waals surface area contributed by atoms with Crippen LogP contribution in [0.2, 0.25) is 0 Å². The van der Waals surface area contributed by atoms with Crippen molar-refractivity contribution in [3.05, 3.63) is 51.8 Å². The normalized spacial score (nSPS) is 10.7. The number of H-pyrrole nitrogens is 1. The van der Waals surface area contributed by atoms with E-state index in [1.807, 2.05) is 0 Å². The van der Waals surface area contributed by atoms with Crippen LogP contribution in [0.5, 0.6) is 0 Å².